The van der Waals surface area contributed by atoms with Gasteiger partial charge in [-0.1, -0.05) is 23.2 Å². The molecule has 3 N–H and O–H groups in total. The molecule has 0 aliphatic rings. The van der Waals surface area contributed by atoms with Crippen molar-refractivity contribution in [3.63, 3.8) is 0 Å². The average Bonchev–Trinajstić information content (AvgIpc) is 2.38. The van der Waals surface area contributed by atoms with Gasteiger partial charge in [0.25, 0.3) is 0 Å². The van der Waals surface area contributed by atoms with Gasteiger partial charge in [0.2, 0.25) is 5.91 Å². The zero-order valence-corrected chi connectivity index (χ0v) is 12.2. The molecule has 3 amide bonds. The Morgan fingerprint density at radius 2 is 1.95 bits per heavy atom. The van der Waals surface area contributed by atoms with E-state index < -0.39 is 17.7 Å². The summed E-state index contributed by atoms with van der Waals surface area (Å²) in [4.78, 5) is 35.6. The minimum atomic E-state index is -0.992. The zero-order chi connectivity index (χ0) is 15.3. The van der Waals surface area contributed by atoms with Crippen LogP contribution in [0.2, 0.25) is 10.0 Å². The maximum atomic E-state index is 11.8. The van der Waals surface area contributed by atoms with Crippen molar-refractivity contribution in [3.05, 3.63) is 28.2 Å². The molecule has 1 aromatic carbocycles. The van der Waals surface area contributed by atoms with Crippen LogP contribution in [-0.2, 0) is 14.4 Å². The van der Waals surface area contributed by atoms with Crippen molar-refractivity contribution in [1.29, 1.82) is 0 Å². The Bertz CT molecular complexity index is 549. The highest BCUT2D eigenvalue weighted by Crippen LogP contribution is 2.25. The second-order valence-corrected chi connectivity index (χ2v) is 4.69. The summed E-state index contributed by atoms with van der Waals surface area (Å²) in [6, 6.07) is 4.39. The first-order chi connectivity index (χ1) is 9.36. The van der Waals surface area contributed by atoms with E-state index in [1.54, 1.807) is 0 Å². The number of hydrogen-bond acceptors (Lipinski definition) is 4. The first-order valence-corrected chi connectivity index (χ1v) is 6.41. The normalized spacial score (nSPS) is 10.0. The second-order valence-electron chi connectivity index (χ2n) is 3.84. The quantitative estimate of drug-likeness (QED) is 0.821. The van der Waals surface area contributed by atoms with Crippen LogP contribution in [0.1, 0.15) is 6.92 Å². The fourth-order valence-electron chi connectivity index (χ4n) is 1.42. The molecular formula is C12H13Cl2N3O3. The van der Waals surface area contributed by atoms with Crippen LogP contribution in [0.15, 0.2) is 18.2 Å². The molecule has 8 heteroatoms. The highest BCUT2D eigenvalue weighted by atomic mass is 35.5. The monoisotopic (exact) mass is 317 g/mol. The summed E-state index contributed by atoms with van der Waals surface area (Å²) in [7, 11) is 0. The largest absolute Gasteiger partial charge is 0.329 e. The van der Waals surface area contributed by atoms with Crippen molar-refractivity contribution in [3.8, 4) is 0 Å². The summed E-state index contributed by atoms with van der Waals surface area (Å²) in [6.45, 7) is 1.21. The molecule has 0 aromatic heterocycles. The van der Waals surface area contributed by atoms with Gasteiger partial charge in [0.15, 0.2) is 0 Å². The summed E-state index contributed by atoms with van der Waals surface area (Å²) < 4.78 is 0. The first kappa shape index (κ1) is 16.4. The molecule has 0 aliphatic carbocycles. The number of carbonyl (C=O) groups excluding carboxylic acids is 3. The topological polar surface area (TPSA) is 92.5 Å². The lowest BCUT2D eigenvalue weighted by Crippen LogP contribution is -2.44. The van der Waals surface area contributed by atoms with Crippen molar-refractivity contribution in [2.75, 3.05) is 18.4 Å². The molecule has 0 saturated heterocycles. The number of halogens is 2. The van der Waals surface area contributed by atoms with Crippen LogP contribution in [0, 0.1) is 0 Å². The maximum absolute atomic E-state index is 11.8. The van der Waals surface area contributed by atoms with Gasteiger partial charge in [-0.2, -0.15) is 0 Å². The van der Waals surface area contributed by atoms with Crippen molar-refractivity contribution in [2.24, 2.45) is 5.73 Å². The number of rotatable bonds is 3. The van der Waals surface area contributed by atoms with Crippen LogP contribution >= 0.6 is 23.2 Å². The third-order valence-electron chi connectivity index (χ3n) is 2.35. The van der Waals surface area contributed by atoms with Gasteiger partial charge in [0.05, 0.1) is 10.7 Å². The average molecular weight is 318 g/mol. The van der Waals surface area contributed by atoms with Crippen LogP contribution < -0.4 is 11.1 Å². The van der Waals surface area contributed by atoms with Gasteiger partial charge in [0, 0.05) is 25.0 Å². The molecule has 0 heterocycles. The number of hydrogen-bond donors (Lipinski definition) is 2. The van der Waals surface area contributed by atoms with Gasteiger partial charge in [-0.3, -0.25) is 19.3 Å². The lowest BCUT2D eigenvalue weighted by Gasteiger charge is -2.17. The van der Waals surface area contributed by atoms with E-state index in [1.807, 2.05) is 0 Å². The van der Waals surface area contributed by atoms with Gasteiger partial charge in [-0.05, 0) is 18.2 Å². The molecule has 108 valence electrons. The van der Waals surface area contributed by atoms with Crippen molar-refractivity contribution in [2.45, 2.75) is 6.92 Å². The standard InChI is InChI=1S/C12H13Cl2N3O3/c1-7(18)17(5-4-15)12(20)11(19)16-10-3-2-8(13)6-9(10)14/h2-3,6H,4-5,15H2,1H3,(H,16,19). The van der Waals surface area contributed by atoms with Crippen LogP contribution in [0.3, 0.4) is 0 Å². The number of nitrogens with two attached hydrogens (primary N) is 1. The molecule has 0 spiro atoms. The highest BCUT2D eigenvalue weighted by molar-refractivity contribution is 6.43. The molecule has 1 rings (SSSR count). The van der Waals surface area contributed by atoms with Crippen LogP contribution in [0.5, 0.6) is 0 Å². The third-order valence-corrected chi connectivity index (χ3v) is 2.90. The Morgan fingerprint density at radius 3 is 2.45 bits per heavy atom. The second kappa shape index (κ2) is 7.23. The summed E-state index contributed by atoms with van der Waals surface area (Å²) in [5.41, 5.74) is 5.51. The molecule has 6 nitrogen and oxygen atoms in total. The SMILES string of the molecule is CC(=O)N(CCN)C(=O)C(=O)Nc1ccc(Cl)cc1Cl. The fraction of sp³-hybridized carbons (Fsp3) is 0.250. The van der Waals surface area contributed by atoms with Crippen molar-refractivity contribution < 1.29 is 14.4 Å². The number of imide groups is 1. The van der Waals surface area contributed by atoms with E-state index in [9.17, 15) is 14.4 Å². The van der Waals surface area contributed by atoms with E-state index in [-0.39, 0.29) is 23.8 Å². The Balaban J connectivity index is 2.84. The number of benzene rings is 1. The summed E-state index contributed by atoms with van der Waals surface area (Å²) >= 11 is 11.6. The molecular weight excluding hydrogens is 305 g/mol. The fourth-order valence-corrected chi connectivity index (χ4v) is 1.88. The van der Waals surface area contributed by atoms with Gasteiger partial charge in [-0.25, -0.2) is 0 Å². The van der Waals surface area contributed by atoms with Crippen molar-refractivity contribution >= 4 is 46.6 Å². The Labute approximate surface area is 125 Å². The smallest absolute Gasteiger partial charge is 0.318 e. The van der Waals surface area contributed by atoms with Crippen LogP contribution in [0.25, 0.3) is 0 Å². The molecule has 1 aromatic rings. The zero-order valence-electron chi connectivity index (χ0n) is 10.7. The Morgan fingerprint density at radius 1 is 1.30 bits per heavy atom. The van der Waals surface area contributed by atoms with Gasteiger partial charge in [0.1, 0.15) is 0 Å². The molecule has 0 radical (unpaired) electrons. The Hall–Kier alpha value is -1.63. The molecule has 0 atom stereocenters. The van der Waals surface area contributed by atoms with E-state index in [4.69, 9.17) is 28.9 Å². The third kappa shape index (κ3) is 4.19. The number of anilines is 1. The molecule has 20 heavy (non-hydrogen) atoms. The number of amides is 3. The summed E-state index contributed by atoms with van der Waals surface area (Å²) in [6.07, 6.45) is 0. The van der Waals surface area contributed by atoms with Crippen LogP contribution in [0.4, 0.5) is 5.69 Å². The van der Waals surface area contributed by atoms with Gasteiger partial charge >= 0.3 is 11.8 Å². The van der Waals surface area contributed by atoms with Gasteiger partial charge in [-0.15, -0.1) is 0 Å². The summed E-state index contributed by atoms with van der Waals surface area (Å²) in [5.74, 6) is -2.52. The van der Waals surface area contributed by atoms with E-state index in [0.717, 1.165) is 4.90 Å². The molecule has 0 saturated carbocycles. The minimum Gasteiger partial charge on any atom is -0.329 e. The lowest BCUT2D eigenvalue weighted by atomic mass is 10.3. The van der Waals surface area contributed by atoms with Crippen LogP contribution in [-0.4, -0.2) is 35.7 Å². The predicted octanol–water partition coefficient (Wildman–Crippen LogP) is 1.27. The predicted molar refractivity (Wildman–Crippen MR) is 76.5 cm³/mol. The number of carbonyl (C=O) groups is 3. The molecule has 0 fully saturated rings. The Kier molecular flexibility index (Phi) is 5.94. The maximum Gasteiger partial charge on any atom is 0.318 e. The van der Waals surface area contributed by atoms with E-state index in [2.05, 4.69) is 5.32 Å². The van der Waals surface area contributed by atoms with Gasteiger partial charge < -0.3 is 11.1 Å². The first-order valence-electron chi connectivity index (χ1n) is 5.65. The lowest BCUT2D eigenvalue weighted by molar-refractivity contribution is -0.149. The van der Waals surface area contributed by atoms with E-state index in [1.165, 1.54) is 25.1 Å². The van der Waals surface area contributed by atoms with E-state index in [0.29, 0.717) is 5.02 Å². The minimum absolute atomic E-state index is 0.0318. The highest BCUT2D eigenvalue weighted by Gasteiger charge is 2.24. The van der Waals surface area contributed by atoms with E-state index >= 15 is 0 Å². The summed E-state index contributed by atoms with van der Waals surface area (Å²) in [5, 5.41) is 2.90. The number of nitrogens with zero attached hydrogens (tertiary/aromatic N) is 1. The van der Waals surface area contributed by atoms with Crippen molar-refractivity contribution in [1.82, 2.24) is 4.90 Å². The molecule has 0 aliphatic heterocycles. The number of nitrogens with one attached hydrogen (secondary N) is 1. The molecule has 0 bridgehead atoms. The molecule has 0 unspecified atom stereocenters.